The number of hydrogen-bond donors (Lipinski definition) is 2. The highest BCUT2D eigenvalue weighted by molar-refractivity contribution is 6.50. The molecule has 0 bridgehead atoms. The zero-order chi connectivity index (χ0) is 19.1. The lowest BCUT2D eigenvalue weighted by Gasteiger charge is -2.23. The van der Waals surface area contributed by atoms with Gasteiger partial charge in [0.2, 0.25) is 0 Å². The molecular formula is C26H20N2. The second-order valence-corrected chi connectivity index (χ2v) is 7.30. The molecule has 0 aliphatic heterocycles. The maximum absolute atomic E-state index is 8.12. The number of fused-ring (bicyclic) bond motifs is 2. The Hall–Kier alpha value is -3.52. The Labute approximate surface area is 164 Å². The number of rotatable bonds is 2. The maximum Gasteiger partial charge on any atom is 0.0795 e. The summed E-state index contributed by atoms with van der Waals surface area (Å²) < 4.78 is 0. The van der Waals surface area contributed by atoms with E-state index in [1.807, 2.05) is 12.2 Å². The van der Waals surface area contributed by atoms with Gasteiger partial charge in [-0.2, -0.15) is 0 Å². The topological polar surface area (TPSA) is 47.7 Å². The van der Waals surface area contributed by atoms with Crippen molar-refractivity contribution >= 4 is 38.5 Å². The van der Waals surface area contributed by atoms with E-state index in [0.29, 0.717) is 5.92 Å². The van der Waals surface area contributed by atoms with Crippen LogP contribution in [0.5, 0.6) is 0 Å². The van der Waals surface area contributed by atoms with Gasteiger partial charge in [0, 0.05) is 5.92 Å². The summed E-state index contributed by atoms with van der Waals surface area (Å²) in [5, 5.41) is 20.9. The van der Waals surface area contributed by atoms with E-state index in [9.17, 15) is 0 Å². The largest absolute Gasteiger partial charge is 0.299 e. The first-order valence-corrected chi connectivity index (χ1v) is 9.58. The fraction of sp³-hybridized carbons (Fsp3) is 0.0769. The Balaban J connectivity index is 1.90. The van der Waals surface area contributed by atoms with Crippen LogP contribution in [0, 0.1) is 10.8 Å². The summed E-state index contributed by atoms with van der Waals surface area (Å²) >= 11 is 0. The Bertz CT molecular complexity index is 1210. The molecule has 3 aromatic rings. The smallest absolute Gasteiger partial charge is 0.0795 e. The lowest BCUT2D eigenvalue weighted by molar-refractivity contribution is 0.869. The van der Waals surface area contributed by atoms with Gasteiger partial charge in [-0.05, 0) is 56.8 Å². The zero-order valence-corrected chi connectivity index (χ0v) is 15.4. The third-order valence-corrected chi connectivity index (χ3v) is 5.63. The van der Waals surface area contributed by atoms with Gasteiger partial charge in [0.15, 0.2) is 0 Å². The minimum Gasteiger partial charge on any atom is -0.299 e. The first-order valence-electron chi connectivity index (χ1n) is 9.58. The summed E-state index contributed by atoms with van der Waals surface area (Å²) in [5.41, 5.74) is 4.04. The molecule has 0 fully saturated rings. The molecule has 2 aliphatic rings. The van der Waals surface area contributed by atoms with Crippen molar-refractivity contribution in [2.45, 2.75) is 12.3 Å². The summed E-state index contributed by atoms with van der Waals surface area (Å²) in [4.78, 5) is 0. The van der Waals surface area contributed by atoms with E-state index in [2.05, 4.69) is 72.8 Å². The quantitative estimate of drug-likeness (QED) is 0.383. The molecule has 0 heterocycles. The normalized spacial score (nSPS) is 18.9. The Kier molecular flexibility index (Phi) is 3.91. The predicted octanol–water partition coefficient (Wildman–Crippen LogP) is 6.59. The van der Waals surface area contributed by atoms with Crippen molar-refractivity contribution in [1.29, 1.82) is 10.8 Å². The van der Waals surface area contributed by atoms with Crippen LogP contribution in [-0.2, 0) is 0 Å². The van der Waals surface area contributed by atoms with Crippen molar-refractivity contribution in [3.63, 3.8) is 0 Å². The van der Waals surface area contributed by atoms with Crippen LogP contribution < -0.4 is 0 Å². The first-order chi connectivity index (χ1) is 13.7. The standard InChI is InChI=1S/C26H20N2/c27-23-15-14-18(16-24(23)28)26-21-12-6-4-10-19(21)25(17-8-2-1-3-9-17)20-11-5-7-13-22(20)26/h1-8,10-17,27-28H,9H2. The van der Waals surface area contributed by atoms with Crippen LogP contribution in [0.2, 0.25) is 0 Å². The van der Waals surface area contributed by atoms with Crippen LogP contribution >= 0.6 is 0 Å². The van der Waals surface area contributed by atoms with Crippen molar-refractivity contribution < 1.29 is 0 Å². The molecule has 2 heteroatoms. The molecular weight excluding hydrogens is 340 g/mol. The van der Waals surface area contributed by atoms with Gasteiger partial charge in [0.25, 0.3) is 0 Å². The summed E-state index contributed by atoms with van der Waals surface area (Å²) in [7, 11) is 0. The van der Waals surface area contributed by atoms with Crippen molar-refractivity contribution in [3.05, 3.63) is 102 Å². The fourth-order valence-electron chi connectivity index (χ4n) is 4.37. The molecule has 1 unspecified atom stereocenters. The summed E-state index contributed by atoms with van der Waals surface area (Å²) in [6.45, 7) is 0. The Morgan fingerprint density at radius 2 is 1.36 bits per heavy atom. The number of hydrogen-bond acceptors (Lipinski definition) is 2. The van der Waals surface area contributed by atoms with Crippen LogP contribution in [0.15, 0.2) is 91.1 Å². The molecule has 0 amide bonds. The highest BCUT2D eigenvalue weighted by Gasteiger charge is 2.21. The van der Waals surface area contributed by atoms with Crippen LogP contribution in [0.25, 0.3) is 27.1 Å². The summed E-state index contributed by atoms with van der Waals surface area (Å²) in [6, 6.07) is 17.2. The van der Waals surface area contributed by atoms with E-state index in [-0.39, 0.29) is 11.4 Å². The van der Waals surface area contributed by atoms with Crippen LogP contribution in [-0.4, -0.2) is 11.4 Å². The van der Waals surface area contributed by atoms with Crippen molar-refractivity contribution in [1.82, 2.24) is 0 Å². The van der Waals surface area contributed by atoms with Gasteiger partial charge in [-0.15, -0.1) is 0 Å². The first kappa shape index (κ1) is 16.6. The van der Waals surface area contributed by atoms with E-state index >= 15 is 0 Å². The highest BCUT2D eigenvalue weighted by Crippen LogP contribution is 2.42. The number of nitrogens with one attached hydrogen (secondary N) is 2. The summed E-state index contributed by atoms with van der Waals surface area (Å²) in [5.74, 6) is 0.358. The van der Waals surface area contributed by atoms with Crippen LogP contribution in [0.4, 0.5) is 0 Å². The Morgan fingerprint density at radius 1 is 0.714 bits per heavy atom. The summed E-state index contributed by atoms with van der Waals surface area (Å²) in [6.07, 6.45) is 15.3. The third-order valence-electron chi connectivity index (χ3n) is 5.63. The number of allylic oxidation sites excluding steroid dienone is 8. The molecule has 28 heavy (non-hydrogen) atoms. The van der Waals surface area contributed by atoms with Crippen molar-refractivity contribution in [2.75, 3.05) is 0 Å². The average molecular weight is 360 g/mol. The van der Waals surface area contributed by atoms with Gasteiger partial charge in [-0.1, -0.05) is 78.9 Å². The van der Waals surface area contributed by atoms with Crippen molar-refractivity contribution in [3.8, 4) is 0 Å². The van der Waals surface area contributed by atoms with E-state index in [1.54, 1.807) is 6.08 Å². The van der Waals surface area contributed by atoms with E-state index < -0.39 is 0 Å². The highest BCUT2D eigenvalue weighted by atomic mass is 14.5. The van der Waals surface area contributed by atoms with Gasteiger partial charge in [-0.3, -0.25) is 10.8 Å². The monoisotopic (exact) mass is 360 g/mol. The molecule has 2 aliphatic carbocycles. The molecule has 1 atom stereocenters. The zero-order valence-electron chi connectivity index (χ0n) is 15.4. The molecule has 0 radical (unpaired) electrons. The van der Waals surface area contributed by atoms with Gasteiger partial charge >= 0.3 is 0 Å². The van der Waals surface area contributed by atoms with Gasteiger partial charge in [0.1, 0.15) is 0 Å². The molecule has 0 saturated carbocycles. The van der Waals surface area contributed by atoms with E-state index in [4.69, 9.17) is 10.8 Å². The molecule has 0 aromatic heterocycles. The predicted molar refractivity (Wildman–Crippen MR) is 120 cm³/mol. The van der Waals surface area contributed by atoms with Gasteiger partial charge < -0.3 is 0 Å². The second-order valence-electron chi connectivity index (χ2n) is 7.30. The van der Waals surface area contributed by atoms with Gasteiger partial charge in [-0.25, -0.2) is 0 Å². The molecule has 134 valence electrons. The lowest BCUT2D eigenvalue weighted by Crippen LogP contribution is -2.10. The Morgan fingerprint density at radius 3 is 1.93 bits per heavy atom. The van der Waals surface area contributed by atoms with Crippen LogP contribution in [0.1, 0.15) is 23.5 Å². The minimum absolute atomic E-state index is 0.258. The van der Waals surface area contributed by atoms with Crippen LogP contribution in [0.3, 0.4) is 0 Å². The second kappa shape index (κ2) is 6.58. The molecule has 3 aromatic carbocycles. The third kappa shape index (κ3) is 2.57. The minimum atomic E-state index is 0.258. The molecule has 0 spiro atoms. The lowest BCUT2D eigenvalue weighted by atomic mass is 9.81. The molecule has 2 N–H and O–H groups in total. The average Bonchev–Trinajstić information content (AvgIpc) is 2.74. The van der Waals surface area contributed by atoms with E-state index in [1.165, 1.54) is 27.1 Å². The number of benzene rings is 3. The molecule has 0 saturated heterocycles. The SMILES string of the molecule is N=C1C=CC(c2c3ccccc3c(C3C=CC=CC3)c3ccccc23)=CC1=N. The molecule has 2 nitrogen and oxygen atoms in total. The fourth-order valence-corrected chi connectivity index (χ4v) is 4.37. The molecule has 5 rings (SSSR count). The van der Waals surface area contributed by atoms with Crippen molar-refractivity contribution in [2.24, 2.45) is 0 Å². The maximum atomic E-state index is 8.12. The van der Waals surface area contributed by atoms with Gasteiger partial charge in [0.05, 0.1) is 11.4 Å². The van der Waals surface area contributed by atoms with E-state index in [0.717, 1.165) is 17.6 Å².